The van der Waals surface area contributed by atoms with Crippen molar-refractivity contribution in [2.75, 3.05) is 46.7 Å². The largest absolute Gasteiger partial charge is 0.382 e. The summed E-state index contributed by atoms with van der Waals surface area (Å²) in [6, 6.07) is 11.0. The lowest BCUT2D eigenvalue weighted by molar-refractivity contribution is 0.0253. The van der Waals surface area contributed by atoms with Crippen molar-refractivity contribution < 1.29 is 14.2 Å². The summed E-state index contributed by atoms with van der Waals surface area (Å²) in [6.07, 6.45) is 1.04. The molecule has 0 amide bonds. The molecule has 4 nitrogen and oxygen atoms in total. The minimum atomic E-state index is 0.457. The molecule has 0 radical (unpaired) electrons. The molecule has 114 valence electrons. The van der Waals surface area contributed by atoms with Gasteiger partial charge < -0.3 is 19.5 Å². The van der Waals surface area contributed by atoms with Crippen LogP contribution < -0.4 is 5.32 Å². The first kappa shape index (κ1) is 17.1. The summed E-state index contributed by atoms with van der Waals surface area (Å²) in [5.74, 6) is 0. The lowest BCUT2D eigenvalue weighted by atomic mass is 10.1. The molecule has 0 saturated carbocycles. The summed E-state index contributed by atoms with van der Waals surface area (Å²) in [4.78, 5) is 0. The molecule has 0 aromatic heterocycles. The Morgan fingerprint density at radius 1 is 0.950 bits per heavy atom. The third kappa shape index (κ3) is 9.04. The van der Waals surface area contributed by atoms with Crippen LogP contribution in [0.15, 0.2) is 30.3 Å². The van der Waals surface area contributed by atoms with Crippen molar-refractivity contribution in [3.05, 3.63) is 35.9 Å². The second-order valence-corrected chi connectivity index (χ2v) is 4.76. The van der Waals surface area contributed by atoms with Crippen molar-refractivity contribution in [3.8, 4) is 0 Å². The third-order valence-electron chi connectivity index (χ3n) is 2.93. The Morgan fingerprint density at radius 2 is 1.60 bits per heavy atom. The second-order valence-electron chi connectivity index (χ2n) is 4.76. The molecule has 0 aliphatic heterocycles. The van der Waals surface area contributed by atoms with Gasteiger partial charge in [0.1, 0.15) is 0 Å². The predicted molar refractivity (Wildman–Crippen MR) is 81.1 cm³/mol. The van der Waals surface area contributed by atoms with Crippen molar-refractivity contribution in [2.45, 2.75) is 19.4 Å². The summed E-state index contributed by atoms with van der Waals surface area (Å²) < 4.78 is 15.7. The molecule has 0 aliphatic rings. The van der Waals surface area contributed by atoms with E-state index >= 15 is 0 Å². The van der Waals surface area contributed by atoms with Crippen LogP contribution in [0.4, 0.5) is 0 Å². The van der Waals surface area contributed by atoms with E-state index in [1.807, 2.05) is 6.07 Å². The summed E-state index contributed by atoms with van der Waals surface area (Å²) >= 11 is 0. The molecule has 1 N–H and O–H groups in total. The first-order chi connectivity index (χ1) is 9.83. The van der Waals surface area contributed by atoms with E-state index in [0.29, 0.717) is 39.1 Å². The molecule has 4 heteroatoms. The van der Waals surface area contributed by atoms with Crippen LogP contribution in [0.5, 0.6) is 0 Å². The zero-order chi connectivity index (χ0) is 14.5. The van der Waals surface area contributed by atoms with Gasteiger partial charge in [0.15, 0.2) is 0 Å². The highest BCUT2D eigenvalue weighted by molar-refractivity contribution is 5.15. The molecule has 1 aromatic carbocycles. The van der Waals surface area contributed by atoms with Gasteiger partial charge in [0.25, 0.3) is 0 Å². The van der Waals surface area contributed by atoms with E-state index in [2.05, 4.69) is 36.5 Å². The van der Waals surface area contributed by atoms with E-state index in [-0.39, 0.29) is 0 Å². The fourth-order valence-corrected chi connectivity index (χ4v) is 1.88. The Labute approximate surface area is 122 Å². The van der Waals surface area contributed by atoms with Gasteiger partial charge in [-0.15, -0.1) is 0 Å². The maximum atomic E-state index is 5.49. The van der Waals surface area contributed by atoms with E-state index in [1.165, 1.54) is 5.56 Å². The maximum Gasteiger partial charge on any atom is 0.0701 e. The summed E-state index contributed by atoms with van der Waals surface area (Å²) in [5, 5.41) is 3.46. The van der Waals surface area contributed by atoms with Crippen LogP contribution in [0.3, 0.4) is 0 Å². The van der Waals surface area contributed by atoms with Crippen molar-refractivity contribution in [1.29, 1.82) is 0 Å². The minimum Gasteiger partial charge on any atom is -0.382 e. The van der Waals surface area contributed by atoms with Crippen LogP contribution in [-0.4, -0.2) is 52.7 Å². The molecular weight excluding hydrogens is 254 g/mol. The van der Waals surface area contributed by atoms with Gasteiger partial charge in [-0.3, -0.25) is 0 Å². The van der Waals surface area contributed by atoms with Crippen LogP contribution >= 0.6 is 0 Å². The number of nitrogens with one attached hydrogen (secondary N) is 1. The molecule has 0 aliphatic carbocycles. The van der Waals surface area contributed by atoms with Crippen molar-refractivity contribution in [1.82, 2.24) is 5.32 Å². The van der Waals surface area contributed by atoms with Gasteiger partial charge in [0.05, 0.1) is 33.0 Å². The predicted octanol–water partition coefficient (Wildman–Crippen LogP) is 1.89. The Hall–Kier alpha value is -0.940. The van der Waals surface area contributed by atoms with Crippen LogP contribution in [0.25, 0.3) is 0 Å². The molecule has 0 fully saturated rings. The SMILES string of the molecule is COCCOCCOCCNC(C)Cc1ccccc1. The Morgan fingerprint density at radius 3 is 2.30 bits per heavy atom. The number of ether oxygens (including phenoxy) is 3. The van der Waals surface area contributed by atoms with Gasteiger partial charge in [-0.25, -0.2) is 0 Å². The standard InChI is InChI=1S/C16H27NO3/c1-15(14-16-6-4-3-5-7-16)17-8-9-19-12-13-20-11-10-18-2/h3-7,15,17H,8-14H2,1-2H3. The molecular formula is C16H27NO3. The van der Waals surface area contributed by atoms with Crippen LogP contribution in [-0.2, 0) is 20.6 Å². The molecule has 0 saturated heterocycles. The third-order valence-corrected chi connectivity index (χ3v) is 2.93. The molecule has 1 rings (SSSR count). The normalized spacial score (nSPS) is 12.5. The van der Waals surface area contributed by atoms with E-state index in [9.17, 15) is 0 Å². The fraction of sp³-hybridized carbons (Fsp3) is 0.625. The molecule has 1 unspecified atom stereocenters. The molecule has 0 heterocycles. The van der Waals surface area contributed by atoms with Gasteiger partial charge in [-0.05, 0) is 18.9 Å². The first-order valence-electron chi connectivity index (χ1n) is 7.24. The fourth-order valence-electron chi connectivity index (χ4n) is 1.88. The van der Waals surface area contributed by atoms with Crippen molar-refractivity contribution in [2.24, 2.45) is 0 Å². The molecule has 0 bridgehead atoms. The van der Waals surface area contributed by atoms with E-state index in [0.717, 1.165) is 13.0 Å². The Balaban J connectivity index is 1.91. The first-order valence-corrected chi connectivity index (χ1v) is 7.24. The monoisotopic (exact) mass is 281 g/mol. The maximum absolute atomic E-state index is 5.49. The molecule has 0 spiro atoms. The lowest BCUT2D eigenvalue weighted by Gasteiger charge is -2.14. The van der Waals surface area contributed by atoms with Crippen LogP contribution in [0.1, 0.15) is 12.5 Å². The van der Waals surface area contributed by atoms with Gasteiger partial charge in [-0.1, -0.05) is 30.3 Å². The minimum absolute atomic E-state index is 0.457. The Kier molecular flexibility index (Phi) is 10.1. The highest BCUT2D eigenvalue weighted by Gasteiger charge is 2.01. The quantitative estimate of drug-likeness (QED) is 0.594. The topological polar surface area (TPSA) is 39.7 Å². The van der Waals surface area contributed by atoms with Crippen LogP contribution in [0.2, 0.25) is 0 Å². The average molecular weight is 281 g/mol. The highest BCUT2D eigenvalue weighted by Crippen LogP contribution is 2.02. The highest BCUT2D eigenvalue weighted by atomic mass is 16.5. The molecule has 1 aromatic rings. The smallest absolute Gasteiger partial charge is 0.0701 e. The summed E-state index contributed by atoms with van der Waals surface area (Å²) in [5.41, 5.74) is 1.36. The van der Waals surface area contributed by atoms with E-state index in [1.54, 1.807) is 7.11 Å². The van der Waals surface area contributed by atoms with Crippen molar-refractivity contribution in [3.63, 3.8) is 0 Å². The number of rotatable bonds is 12. The Bertz CT molecular complexity index is 319. The van der Waals surface area contributed by atoms with Gasteiger partial charge >= 0.3 is 0 Å². The van der Waals surface area contributed by atoms with Gasteiger partial charge in [0.2, 0.25) is 0 Å². The zero-order valence-electron chi connectivity index (χ0n) is 12.6. The number of hydrogen-bond donors (Lipinski definition) is 1. The van der Waals surface area contributed by atoms with Gasteiger partial charge in [0, 0.05) is 19.7 Å². The summed E-state index contributed by atoms with van der Waals surface area (Å²) in [7, 11) is 1.67. The number of hydrogen-bond acceptors (Lipinski definition) is 4. The van der Waals surface area contributed by atoms with Crippen LogP contribution in [0, 0.1) is 0 Å². The zero-order valence-corrected chi connectivity index (χ0v) is 12.6. The molecule has 1 atom stereocenters. The van der Waals surface area contributed by atoms with Gasteiger partial charge in [-0.2, -0.15) is 0 Å². The number of methoxy groups -OCH3 is 1. The van der Waals surface area contributed by atoms with E-state index in [4.69, 9.17) is 14.2 Å². The number of benzene rings is 1. The van der Waals surface area contributed by atoms with E-state index < -0.39 is 0 Å². The average Bonchev–Trinajstić information content (AvgIpc) is 2.46. The second kappa shape index (κ2) is 11.9. The lowest BCUT2D eigenvalue weighted by Crippen LogP contribution is -2.31. The summed E-state index contributed by atoms with van der Waals surface area (Å²) in [6.45, 7) is 6.31. The molecule has 20 heavy (non-hydrogen) atoms. The van der Waals surface area contributed by atoms with Crippen molar-refractivity contribution >= 4 is 0 Å².